The molecule has 8 heteroatoms. The van der Waals surface area contributed by atoms with Gasteiger partial charge in [0.2, 0.25) is 0 Å². The molecule has 4 heterocycles. The quantitative estimate of drug-likeness (QED) is 0.527. The van der Waals surface area contributed by atoms with E-state index in [0.717, 1.165) is 38.0 Å². The van der Waals surface area contributed by atoms with Crippen LogP contribution in [-0.2, 0) is 4.74 Å². The predicted octanol–water partition coefficient (Wildman–Crippen LogP) is 3.33. The molecule has 8 nitrogen and oxygen atoms in total. The Labute approximate surface area is 173 Å². The van der Waals surface area contributed by atoms with Crippen LogP contribution in [0, 0.1) is 5.92 Å². The Kier molecular flexibility index (Phi) is 4.63. The number of primary amides is 1. The average Bonchev–Trinajstić information content (AvgIpc) is 3.14. The molecule has 3 fully saturated rings. The minimum atomic E-state index is -1.15. The molecule has 2 bridgehead atoms. The van der Waals surface area contributed by atoms with Crippen LogP contribution in [0.25, 0.3) is 10.9 Å². The van der Waals surface area contributed by atoms with Crippen molar-refractivity contribution in [2.45, 2.75) is 18.9 Å². The smallest absolute Gasteiger partial charge is 0.412 e. The number of amides is 1. The van der Waals surface area contributed by atoms with E-state index < -0.39 is 12.1 Å². The third-order valence-electron chi connectivity index (χ3n) is 5.98. The topological polar surface area (TPSA) is 99.7 Å². The fourth-order valence-electron chi connectivity index (χ4n) is 4.56. The van der Waals surface area contributed by atoms with Gasteiger partial charge in [-0.15, -0.1) is 0 Å². The Bertz CT molecular complexity index is 1100. The van der Waals surface area contributed by atoms with Crippen molar-refractivity contribution in [3.05, 3.63) is 54.2 Å². The number of carbonyl (C=O) groups excluding carboxylic acids is 2. The second kappa shape index (κ2) is 7.46. The minimum absolute atomic E-state index is 0.0683. The molecule has 3 saturated heterocycles. The van der Waals surface area contributed by atoms with Crippen LogP contribution in [-0.4, -0.2) is 46.4 Å². The van der Waals surface area contributed by atoms with E-state index in [0.29, 0.717) is 22.8 Å². The van der Waals surface area contributed by atoms with Crippen molar-refractivity contribution in [3.8, 4) is 11.5 Å². The molecule has 0 radical (unpaired) electrons. The standard InChI is InChI=1S/C22H22N4O4/c23-22(28)30-21(27)20-17-12-16(29-15-4-2-1-3-5-15)6-7-18(17)26(24-20)19-13-25-10-8-14(19)9-11-25/h1-7,12,14,19H,8-11,13H2,(H2,23,28)/t19-/m0/s1. The van der Waals surface area contributed by atoms with Gasteiger partial charge in [0.15, 0.2) is 5.69 Å². The molecule has 154 valence electrons. The lowest BCUT2D eigenvalue weighted by molar-refractivity contribution is 0.0518. The zero-order valence-electron chi connectivity index (χ0n) is 16.4. The van der Waals surface area contributed by atoms with E-state index in [1.807, 2.05) is 47.1 Å². The largest absolute Gasteiger partial charge is 0.457 e. The SMILES string of the molecule is NC(=O)OC(=O)c1nn([C@H]2CN3CCC2CC3)c2ccc(Oc3ccccc3)cc12. The Morgan fingerprint density at radius 1 is 1.03 bits per heavy atom. The Morgan fingerprint density at radius 2 is 1.80 bits per heavy atom. The summed E-state index contributed by atoms with van der Waals surface area (Å²) in [6.45, 7) is 3.10. The Morgan fingerprint density at radius 3 is 2.47 bits per heavy atom. The number of para-hydroxylation sites is 1. The first kappa shape index (κ1) is 18.6. The highest BCUT2D eigenvalue weighted by Crippen LogP contribution is 2.38. The number of hydrogen-bond acceptors (Lipinski definition) is 6. The molecule has 3 aliphatic heterocycles. The number of nitrogens with two attached hydrogens (primary N) is 1. The number of piperidine rings is 3. The highest BCUT2D eigenvalue weighted by atomic mass is 16.6. The van der Waals surface area contributed by atoms with Gasteiger partial charge in [-0.25, -0.2) is 9.59 Å². The van der Waals surface area contributed by atoms with Crippen molar-refractivity contribution < 1.29 is 19.1 Å². The molecule has 2 aromatic carbocycles. The van der Waals surface area contributed by atoms with Crippen LogP contribution in [0.1, 0.15) is 29.4 Å². The van der Waals surface area contributed by atoms with Crippen LogP contribution >= 0.6 is 0 Å². The van der Waals surface area contributed by atoms with Gasteiger partial charge < -0.3 is 20.1 Å². The number of hydrogen-bond donors (Lipinski definition) is 1. The summed E-state index contributed by atoms with van der Waals surface area (Å²) in [5.74, 6) is 0.904. The van der Waals surface area contributed by atoms with E-state index in [2.05, 4.69) is 14.7 Å². The summed E-state index contributed by atoms with van der Waals surface area (Å²) in [6, 6.07) is 15.1. The third kappa shape index (κ3) is 3.39. The molecule has 1 atom stereocenters. The van der Waals surface area contributed by atoms with Crippen LogP contribution in [0.4, 0.5) is 4.79 Å². The monoisotopic (exact) mass is 406 g/mol. The van der Waals surface area contributed by atoms with Gasteiger partial charge in [-0.3, -0.25) is 4.68 Å². The van der Waals surface area contributed by atoms with Crippen LogP contribution in [0.15, 0.2) is 48.5 Å². The first-order chi connectivity index (χ1) is 14.6. The Balaban J connectivity index is 1.57. The van der Waals surface area contributed by atoms with Gasteiger partial charge in [-0.2, -0.15) is 5.10 Å². The maximum atomic E-state index is 12.5. The second-order valence-electron chi connectivity index (χ2n) is 7.80. The molecular formula is C22H22N4O4. The van der Waals surface area contributed by atoms with E-state index in [-0.39, 0.29) is 11.7 Å². The van der Waals surface area contributed by atoms with Crippen molar-refractivity contribution in [2.24, 2.45) is 11.7 Å². The number of ether oxygens (including phenoxy) is 2. The summed E-state index contributed by atoms with van der Waals surface area (Å²) in [5.41, 5.74) is 5.94. The summed E-state index contributed by atoms with van der Waals surface area (Å²) >= 11 is 0. The van der Waals surface area contributed by atoms with Crippen molar-refractivity contribution in [3.63, 3.8) is 0 Å². The van der Waals surface area contributed by atoms with Gasteiger partial charge in [0.05, 0.1) is 11.6 Å². The number of benzene rings is 2. The maximum absolute atomic E-state index is 12.5. The molecule has 0 aliphatic carbocycles. The lowest BCUT2D eigenvalue weighted by Crippen LogP contribution is -2.48. The van der Waals surface area contributed by atoms with Gasteiger partial charge in [0.25, 0.3) is 0 Å². The number of fused-ring (bicyclic) bond motifs is 4. The highest BCUT2D eigenvalue weighted by molar-refractivity contribution is 6.05. The molecule has 0 saturated carbocycles. The number of esters is 1. The van der Waals surface area contributed by atoms with Crippen LogP contribution in [0.5, 0.6) is 11.5 Å². The molecular weight excluding hydrogens is 384 g/mol. The first-order valence-electron chi connectivity index (χ1n) is 10.1. The van der Waals surface area contributed by atoms with Gasteiger partial charge in [-0.05, 0) is 62.2 Å². The van der Waals surface area contributed by atoms with Crippen LogP contribution < -0.4 is 10.5 Å². The third-order valence-corrected chi connectivity index (χ3v) is 5.98. The molecule has 30 heavy (non-hydrogen) atoms. The van der Waals surface area contributed by atoms with E-state index in [1.165, 1.54) is 0 Å². The fourth-order valence-corrected chi connectivity index (χ4v) is 4.56. The number of rotatable bonds is 4. The molecule has 1 aromatic heterocycles. The van der Waals surface area contributed by atoms with E-state index >= 15 is 0 Å². The molecule has 6 rings (SSSR count). The van der Waals surface area contributed by atoms with Crippen LogP contribution in [0.3, 0.4) is 0 Å². The maximum Gasteiger partial charge on any atom is 0.412 e. The zero-order chi connectivity index (χ0) is 20.7. The van der Waals surface area contributed by atoms with E-state index in [1.54, 1.807) is 6.07 Å². The number of aromatic nitrogens is 2. The molecule has 0 unspecified atom stereocenters. The Hall–Kier alpha value is -3.39. The van der Waals surface area contributed by atoms with Crippen molar-refractivity contribution >= 4 is 23.0 Å². The van der Waals surface area contributed by atoms with E-state index in [4.69, 9.17) is 10.5 Å². The first-order valence-corrected chi connectivity index (χ1v) is 10.1. The van der Waals surface area contributed by atoms with Gasteiger partial charge >= 0.3 is 12.1 Å². The molecule has 3 aliphatic rings. The van der Waals surface area contributed by atoms with Crippen LogP contribution in [0.2, 0.25) is 0 Å². The van der Waals surface area contributed by atoms with Gasteiger partial charge in [0.1, 0.15) is 11.5 Å². The second-order valence-corrected chi connectivity index (χ2v) is 7.80. The lowest BCUT2D eigenvalue weighted by Gasteiger charge is -2.44. The molecule has 0 spiro atoms. The van der Waals surface area contributed by atoms with E-state index in [9.17, 15) is 9.59 Å². The lowest BCUT2D eigenvalue weighted by atomic mass is 9.84. The summed E-state index contributed by atoms with van der Waals surface area (Å²) in [6.07, 6.45) is 1.08. The minimum Gasteiger partial charge on any atom is -0.457 e. The fraction of sp³-hybridized carbons (Fsp3) is 0.318. The van der Waals surface area contributed by atoms with Crippen molar-refractivity contribution in [1.82, 2.24) is 14.7 Å². The summed E-state index contributed by atoms with van der Waals surface area (Å²) in [4.78, 5) is 26.1. The molecule has 3 aromatic rings. The van der Waals surface area contributed by atoms with Crippen molar-refractivity contribution in [2.75, 3.05) is 19.6 Å². The average molecular weight is 406 g/mol. The zero-order valence-corrected chi connectivity index (χ0v) is 16.4. The van der Waals surface area contributed by atoms with Gasteiger partial charge in [-0.1, -0.05) is 18.2 Å². The molecule has 2 N–H and O–H groups in total. The molecule has 1 amide bonds. The highest BCUT2D eigenvalue weighted by Gasteiger charge is 2.37. The normalized spacial score (nSPS) is 22.7. The van der Waals surface area contributed by atoms with Crippen molar-refractivity contribution in [1.29, 1.82) is 0 Å². The predicted molar refractivity (Wildman–Crippen MR) is 109 cm³/mol. The van der Waals surface area contributed by atoms with Gasteiger partial charge in [0, 0.05) is 11.9 Å². The summed E-state index contributed by atoms with van der Waals surface area (Å²) in [5, 5.41) is 5.16. The summed E-state index contributed by atoms with van der Waals surface area (Å²) < 4.78 is 12.5. The number of carbonyl (C=O) groups is 2. The summed E-state index contributed by atoms with van der Waals surface area (Å²) in [7, 11) is 0. The number of nitrogens with zero attached hydrogens (tertiary/aromatic N) is 3.